The monoisotopic (exact) mass is 233 g/mol. The second kappa shape index (κ2) is 4.73. The molecule has 0 atom stereocenters. The van der Waals surface area contributed by atoms with Gasteiger partial charge in [-0.25, -0.2) is 18.6 Å². The summed E-state index contributed by atoms with van der Waals surface area (Å²) in [6.07, 6.45) is -2.86. The number of methoxy groups -OCH3 is 2. The molecule has 0 radical (unpaired) electrons. The molecular formula is C9H9F2NO4. The topological polar surface area (TPSA) is 68.7 Å². The molecule has 1 rings (SSSR count). The Balaban J connectivity index is 3.31. The first-order valence-electron chi connectivity index (χ1n) is 4.15. The Labute approximate surface area is 89.6 Å². The number of hydrogen-bond donors (Lipinski definition) is 1. The van der Waals surface area contributed by atoms with Gasteiger partial charge in [0.05, 0.1) is 19.8 Å². The van der Waals surface area contributed by atoms with E-state index in [9.17, 15) is 18.7 Å². The minimum Gasteiger partial charge on any atom is -0.505 e. The molecule has 0 aliphatic carbocycles. The van der Waals surface area contributed by atoms with E-state index in [4.69, 9.17) is 0 Å². The Hall–Kier alpha value is -1.92. The number of alkyl halides is 2. The Morgan fingerprint density at radius 2 is 2.12 bits per heavy atom. The van der Waals surface area contributed by atoms with Crippen LogP contribution in [0.25, 0.3) is 0 Å². The molecule has 0 aromatic carbocycles. The van der Waals surface area contributed by atoms with Crippen LogP contribution in [0.3, 0.4) is 0 Å². The van der Waals surface area contributed by atoms with Gasteiger partial charge >= 0.3 is 5.97 Å². The van der Waals surface area contributed by atoms with E-state index in [1.807, 2.05) is 0 Å². The highest BCUT2D eigenvalue weighted by atomic mass is 19.3. The molecule has 16 heavy (non-hydrogen) atoms. The summed E-state index contributed by atoms with van der Waals surface area (Å²) in [7, 11) is 2.21. The molecule has 0 amide bonds. The molecule has 88 valence electrons. The maximum Gasteiger partial charge on any atom is 0.360 e. The lowest BCUT2D eigenvalue weighted by Crippen LogP contribution is -2.07. The molecule has 0 bridgehead atoms. The van der Waals surface area contributed by atoms with Crippen LogP contribution < -0.4 is 4.74 Å². The van der Waals surface area contributed by atoms with Crippen molar-refractivity contribution in [3.8, 4) is 11.6 Å². The zero-order valence-corrected chi connectivity index (χ0v) is 8.53. The SMILES string of the molecule is COC(=O)c1nc(OC)c(C(F)F)cc1O. The summed E-state index contributed by atoms with van der Waals surface area (Å²) in [4.78, 5) is 14.6. The number of pyridine rings is 1. The van der Waals surface area contributed by atoms with Gasteiger partial charge in [0.15, 0.2) is 5.69 Å². The van der Waals surface area contributed by atoms with Crippen molar-refractivity contribution < 1.29 is 28.2 Å². The predicted molar refractivity (Wildman–Crippen MR) is 48.8 cm³/mol. The van der Waals surface area contributed by atoms with E-state index in [0.29, 0.717) is 0 Å². The van der Waals surface area contributed by atoms with Gasteiger partial charge in [0, 0.05) is 0 Å². The molecule has 1 heterocycles. The van der Waals surface area contributed by atoms with Crippen molar-refractivity contribution in [2.75, 3.05) is 14.2 Å². The summed E-state index contributed by atoms with van der Waals surface area (Å²) in [6, 6.07) is 0.725. The van der Waals surface area contributed by atoms with Crippen LogP contribution in [0.2, 0.25) is 0 Å². The quantitative estimate of drug-likeness (QED) is 0.801. The normalized spacial score (nSPS) is 10.3. The van der Waals surface area contributed by atoms with Crippen molar-refractivity contribution in [1.82, 2.24) is 4.98 Å². The van der Waals surface area contributed by atoms with E-state index >= 15 is 0 Å². The molecule has 0 fully saturated rings. The van der Waals surface area contributed by atoms with Gasteiger partial charge in [0.25, 0.3) is 6.43 Å². The molecule has 1 N–H and O–H groups in total. The van der Waals surface area contributed by atoms with Crippen molar-refractivity contribution in [3.63, 3.8) is 0 Å². The number of carbonyl (C=O) groups is 1. The summed E-state index contributed by atoms with van der Waals surface area (Å²) < 4.78 is 33.8. The van der Waals surface area contributed by atoms with Gasteiger partial charge in [0.1, 0.15) is 5.75 Å². The van der Waals surface area contributed by atoms with E-state index in [2.05, 4.69) is 14.5 Å². The third kappa shape index (κ3) is 2.18. The van der Waals surface area contributed by atoms with Crippen LogP contribution in [-0.2, 0) is 4.74 Å². The lowest BCUT2D eigenvalue weighted by Gasteiger charge is -2.09. The highest BCUT2D eigenvalue weighted by Crippen LogP contribution is 2.32. The molecule has 0 unspecified atom stereocenters. The number of aromatic hydroxyl groups is 1. The highest BCUT2D eigenvalue weighted by molar-refractivity contribution is 5.90. The predicted octanol–water partition coefficient (Wildman–Crippen LogP) is 1.52. The molecule has 0 saturated heterocycles. The Kier molecular flexibility index (Phi) is 3.60. The minimum absolute atomic E-state index is 0.423. The number of hydrogen-bond acceptors (Lipinski definition) is 5. The number of nitrogens with zero attached hydrogens (tertiary/aromatic N) is 1. The van der Waals surface area contributed by atoms with Crippen molar-refractivity contribution in [2.45, 2.75) is 6.43 Å². The first-order valence-corrected chi connectivity index (χ1v) is 4.15. The van der Waals surface area contributed by atoms with E-state index in [1.165, 1.54) is 0 Å². The maximum atomic E-state index is 12.5. The number of esters is 1. The van der Waals surface area contributed by atoms with Gasteiger partial charge in [-0.2, -0.15) is 0 Å². The summed E-state index contributed by atoms with van der Waals surface area (Å²) in [5, 5.41) is 9.31. The summed E-state index contributed by atoms with van der Waals surface area (Å²) >= 11 is 0. The van der Waals surface area contributed by atoms with E-state index in [0.717, 1.165) is 20.3 Å². The molecular weight excluding hydrogens is 224 g/mol. The average molecular weight is 233 g/mol. The van der Waals surface area contributed by atoms with E-state index in [-0.39, 0.29) is 0 Å². The van der Waals surface area contributed by atoms with Crippen LogP contribution in [0.5, 0.6) is 11.6 Å². The fourth-order valence-corrected chi connectivity index (χ4v) is 1.07. The summed E-state index contributed by atoms with van der Waals surface area (Å²) in [5.74, 6) is -2.03. The zero-order chi connectivity index (χ0) is 12.3. The first-order chi connectivity index (χ1) is 7.51. The van der Waals surface area contributed by atoms with Crippen molar-refractivity contribution in [3.05, 3.63) is 17.3 Å². The van der Waals surface area contributed by atoms with Gasteiger partial charge < -0.3 is 14.6 Å². The molecule has 0 saturated carbocycles. The van der Waals surface area contributed by atoms with E-state index in [1.54, 1.807) is 0 Å². The summed E-state index contributed by atoms with van der Waals surface area (Å²) in [5.41, 5.74) is -1.06. The largest absolute Gasteiger partial charge is 0.505 e. The number of carbonyl (C=O) groups excluding carboxylic acids is 1. The molecule has 1 aromatic heterocycles. The maximum absolute atomic E-state index is 12.5. The zero-order valence-electron chi connectivity index (χ0n) is 8.53. The van der Waals surface area contributed by atoms with Gasteiger partial charge in [-0.3, -0.25) is 0 Å². The van der Waals surface area contributed by atoms with Crippen molar-refractivity contribution >= 4 is 5.97 Å². The average Bonchev–Trinajstić information content (AvgIpc) is 2.27. The number of halogens is 2. The van der Waals surface area contributed by atoms with Crippen LogP contribution in [-0.4, -0.2) is 30.3 Å². The fraction of sp³-hybridized carbons (Fsp3) is 0.333. The fourth-order valence-electron chi connectivity index (χ4n) is 1.07. The van der Waals surface area contributed by atoms with E-state index < -0.39 is 35.3 Å². The van der Waals surface area contributed by atoms with Crippen molar-refractivity contribution in [2.24, 2.45) is 0 Å². The van der Waals surface area contributed by atoms with Crippen LogP contribution in [0.1, 0.15) is 22.5 Å². The molecule has 5 nitrogen and oxygen atoms in total. The molecule has 1 aromatic rings. The molecule has 0 aliphatic heterocycles. The van der Waals surface area contributed by atoms with Crippen LogP contribution in [0, 0.1) is 0 Å². The third-order valence-electron chi connectivity index (χ3n) is 1.80. The lowest BCUT2D eigenvalue weighted by molar-refractivity contribution is 0.0588. The number of ether oxygens (including phenoxy) is 2. The third-order valence-corrected chi connectivity index (χ3v) is 1.80. The highest BCUT2D eigenvalue weighted by Gasteiger charge is 2.22. The van der Waals surface area contributed by atoms with Gasteiger partial charge in [-0.05, 0) is 6.07 Å². The second-order valence-electron chi connectivity index (χ2n) is 2.75. The number of rotatable bonds is 3. The second-order valence-corrected chi connectivity index (χ2v) is 2.75. The van der Waals surface area contributed by atoms with Crippen LogP contribution >= 0.6 is 0 Å². The smallest absolute Gasteiger partial charge is 0.360 e. The van der Waals surface area contributed by atoms with Crippen LogP contribution in [0.15, 0.2) is 6.07 Å². The van der Waals surface area contributed by atoms with Gasteiger partial charge in [-0.15, -0.1) is 0 Å². The first kappa shape index (κ1) is 12.2. The minimum atomic E-state index is -2.86. The molecule has 7 heteroatoms. The lowest BCUT2D eigenvalue weighted by atomic mass is 10.2. The number of aromatic nitrogens is 1. The Morgan fingerprint density at radius 3 is 2.56 bits per heavy atom. The molecule has 0 aliphatic rings. The van der Waals surface area contributed by atoms with Crippen LogP contribution in [0.4, 0.5) is 8.78 Å². The van der Waals surface area contributed by atoms with Gasteiger partial charge in [0.2, 0.25) is 5.88 Å². The molecule has 0 spiro atoms. The van der Waals surface area contributed by atoms with Gasteiger partial charge in [-0.1, -0.05) is 0 Å². The van der Waals surface area contributed by atoms with Crippen molar-refractivity contribution in [1.29, 1.82) is 0 Å². The standard InChI is InChI=1S/C9H9F2NO4/c1-15-8-4(7(10)11)3-5(13)6(12-8)9(14)16-2/h3,7,13H,1-2H3. The summed E-state index contributed by atoms with van der Waals surface area (Å²) in [6.45, 7) is 0. The Morgan fingerprint density at radius 1 is 1.50 bits per heavy atom. The Bertz CT molecular complexity index is 409.